The van der Waals surface area contributed by atoms with Crippen LogP contribution in [-0.4, -0.2) is 76.7 Å². The number of amides is 4. The molecule has 4 amide bonds. The predicted octanol–water partition coefficient (Wildman–Crippen LogP) is 0.911. The molecule has 1 aromatic rings. The number of esters is 1. The summed E-state index contributed by atoms with van der Waals surface area (Å²) in [7, 11) is 0. The first kappa shape index (κ1) is 29.5. The molecule has 0 radical (unpaired) electrons. The zero-order valence-corrected chi connectivity index (χ0v) is 23.6. The number of aliphatic hydroxyl groups excluding tert-OH is 1. The molecule has 2 aliphatic carbocycles. The molecule has 0 aromatic heterocycles. The van der Waals surface area contributed by atoms with Crippen LogP contribution in [0.4, 0.5) is 4.79 Å². The molecule has 11 nitrogen and oxygen atoms in total. The fourth-order valence-electron chi connectivity index (χ4n) is 5.77. The topological polar surface area (TPSA) is 163 Å². The van der Waals surface area contributed by atoms with Gasteiger partial charge in [-0.3, -0.25) is 9.59 Å². The highest BCUT2D eigenvalue weighted by Gasteiger charge is 2.62. The lowest BCUT2D eigenvalue weighted by molar-refractivity contribution is -0.149. The van der Waals surface area contributed by atoms with Crippen LogP contribution < -0.4 is 21.7 Å². The highest BCUT2D eigenvalue weighted by atomic mass is 16.5. The van der Waals surface area contributed by atoms with E-state index in [1.54, 1.807) is 13.0 Å². The van der Waals surface area contributed by atoms with Crippen LogP contribution >= 0.6 is 0 Å². The maximum Gasteiger partial charge on any atom is 0.332 e. The van der Waals surface area contributed by atoms with Crippen LogP contribution in [0.5, 0.6) is 0 Å². The van der Waals surface area contributed by atoms with Gasteiger partial charge in [0.25, 0.3) is 0 Å². The minimum atomic E-state index is -1.20. The van der Waals surface area contributed by atoms with Crippen LogP contribution in [0.2, 0.25) is 0 Å². The Morgan fingerprint density at radius 1 is 1.27 bits per heavy atom. The third kappa shape index (κ3) is 5.71. The van der Waals surface area contributed by atoms with E-state index in [0.29, 0.717) is 12.8 Å². The number of benzene rings is 1. The Bertz CT molecular complexity index is 1180. The third-order valence-electron chi connectivity index (χ3n) is 8.08. The number of aliphatic hydroxyl groups is 1. The molecule has 2 fully saturated rings. The highest BCUT2D eigenvalue weighted by molar-refractivity contribution is 5.96. The second-order valence-electron chi connectivity index (χ2n) is 12.1. The Balaban J connectivity index is 1.48. The van der Waals surface area contributed by atoms with Crippen LogP contribution in [0.3, 0.4) is 0 Å². The van der Waals surface area contributed by atoms with E-state index in [-0.39, 0.29) is 25.5 Å². The van der Waals surface area contributed by atoms with Crippen molar-refractivity contribution < 1.29 is 29.0 Å². The fraction of sp³-hybridized carbons (Fsp3) is 0.586. The summed E-state index contributed by atoms with van der Waals surface area (Å²) in [5.74, 6) is -1.76. The minimum Gasteiger partial charge on any atom is -0.464 e. The van der Waals surface area contributed by atoms with Gasteiger partial charge in [-0.05, 0) is 36.3 Å². The largest absolute Gasteiger partial charge is 0.464 e. The molecule has 1 saturated carbocycles. The maximum absolute atomic E-state index is 13.5. The van der Waals surface area contributed by atoms with Crippen molar-refractivity contribution >= 4 is 23.8 Å². The van der Waals surface area contributed by atoms with Crippen molar-refractivity contribution in [3.05, 3.63) is 48.0 Å². The molecule has 40 heavy (non-hydrogen) atoms. The molecule has 11 heteroatoms. The molecule has 3 aliphatic rings. The molecule has 6 N–H and O–H groups in total. The van der Waals surface area contributed by atoms with Gasteiger partial charge in [0.1, 0.15) is 17.6 Å². The normalized spacial score (nSPS) is 29.6. The summed E-state index contributed by atoms with van der Waals surface area (Å²) < 4.78 is 5.18. The van der Waals surface area contributed by atoms with Gasteiger partial charge in [0.05, 0.1) is 18.8 Å². The maximum atomic E-state index is 13.5. The molecule has 218 valence electrons. The summed E-state index contributed by atoms with van der Waals surface area (Å²) in [4.78, 5) is 54.4. The van der Waals surface area contributed by atoms with Gasteiger partial charge in [-0.2, -0.15) is 0 Å². The number of fused-ring (bicyclic) bond motifs is 1. The van der Waals surface area contributed by atoms with Crippen LogP contribution in [0.1, 0.15) is 57.7 Å². The minimum absolute atomic E-state index is 0.106. The van der Waals surface area contributed by atoms with Crippen molar-refractivity contribution in [3.8, 4) is 0 Å². The molecular weight excluding hydrogens is 514 g/mol. The number of hydrogen-bond acceptors (Lipinski definition) is 7. The molecule has 0 spiro atoms. The smallest absolute Gasteiger partial charge is 0.332 e. The Kier molecular flexibility index (Phi) is 8.28. The van der Waals surface area contributed by atoms with Gasteiger partial charge in [-0.1, -0.05) is 51.1 Å². The van der Waals surface area contributed by atoms with Crippen LogP contribution in [0.15, 0.2) is 36.9 Å². The summed E-state index contributed by atoms with van der Waals surface area (Å²) in [5, 5.41) is 19.1. The number of carbonyl (C=O) groups excluding carboxylic acids is 4. The first-order valence-electron chi connectivity index (χ1n) is 13.8. The number of urea groups is 1. The van der Waals surface area contributed by atoms with Gasteiger partial charge in [-0.25, -0.2) is 9.59 Å². The van der Waals surface area contributed by atoms with Gasteiger partial charge in [0, 0.05) is 24.9 Å². The van der Waals surface area contributed by atoms with Crippen molar-refractivity contribution in [3.63, 3.8) is 0 Å². The second-order valence-corrected chi connectivity index (χ2v) is 12.1. The van der Waals surface area contributed by atoms with E-state index in [2.05, 4.69) is 22.5 Å². The average Bonchev–Trinajstić information content (AvgIpc) is 3.32. The summed E-state index contributed by atoms with van der Waals surface area (Å²) in [6, 6.07) is 3.95. The zero-order valence-electron chi connectivity index (χ0n) is 23.6. The van der Waals surface area contributed by atoms with Crippen molar-refractivity contribution in [2.45, 2.75) is 82.8 Å². The lowest BCUT2D eigenvalue weighted by Crippen LogP contribution is -2.60. The van der Waals surface area contributed by atoms with Gasteiger partial charge >= 0.3 is 12.0 Å². The Hall–Kier alpha value is -3.44. The quantitative estimate of drug-likeness (QED) is 0.235. The van der Waals surface area contributed by atoms with Gasteiger partial charge in [0.15, 0.2) is 0 Å². The van der Waals surface area contributed by atoms with E-state index in [0.717, 1.165) is 11.1 Å². The van der Waals surface area contributed by atoms with Crippen LogP contribution in [0.25, 0.3) is 0 Å². The van der Waals surface area contributed by atoms with E-state index < -0.39 is 65.0 Å². The summed E-state index contributed by atoms with van der Waals surface area (Å²) >= 11 is 0. The zero-order chi connectivity index (χ0) is 29.4. The standard InChI is InChI=1S/C29H41N5O6/c1-6-17-14-29(17,26(38)40-7-2)33-24(36)20-13-18(30)15-34(20)27(39)32-23(28(3,4)5)25(37)31-22-19-11-9-8-10-16(19)12-21(22)35/h6,8-11,17-18,20-23,35H,1,7,12-15,30H2,2-5H3,(H,31,37)(H,32,39)(H,33,36)/t17?,18-,20+,21-,22?,23-,29?/m1/s1. The number of carbonyl (C=O) groups is 4. The van der Waals surface area contributed by atoms with Gasteiger partial charge < -0.3 is 36.4 Å². The molecule has 1 heterocycles. The molecule has 1 aromatic carbocycles. The first-order chi connectivity index (χ1) is 18.8. The fourth-order valence-corrected chi connectivity index (χ4v) is 5.77. The summed E-state index contributed by atoms with van der Waals surface area (Å²) in [5.41, 5.74) is 6.08. The predicted molar refractivity (Wildman–Crippen MR) is 148 cm³/mol. The molecule has 0 bridgehead atoms. The number of ether oxygens (including phenoxy) is 1. The molecule has 3 unspecified atom stereocenters. The van der Waals surface area contributed by atoms with E-state index in [9.17, 15) is 24.3 Å². The second kappa shape index (κ2) is 11.2. The van der Waals surface area contributed by atoms with Gasteiger partial charge in [0.2, 0.25) is 11.8 Å². The SMILES string of the molecule is C=CC1CC1(NC(=O)[C@@H]1C[C@@H](N)CN1C(=O)N[C@H](C(=O)NC1c2ccccc2C[C@H]1O)C(C)(C)C)C(=O)OCC. The first-order valence-corrected chi connectivity index (χ1v) is 13.8. The number of hydrogen-bond donors (Lipinski definition) is 5. The highest BCUT2D eigenvalue weighted by Crippen LogP contribution is 2.45. The molecule has 4 rings (SSSR count). The van der Waals surface area contributed by atoms with Crippen molar-refractivity contribution in [2.24, 2.45) is 17.1 Å². The Morgan fingerprint density at radius 3 is 2.60 bits per heavy atom. The monoisotopic (exact) mass is 555 g/mol. The number of likely N-dealkylation sites (tertiary alicyclic amines) is 1. The molecule has 7 atom stereocenters. The average molecular weight is 556 g/mol. The number of nitrogens with zero attached hydrogens (tertiary/aromatic N) is 1. The Morgan fingerprint density at radius 2 is 1.98 bits per heavy atom. The third-order valence-corrected chi connectivity index (χ3v) is 8.08. The van der Waals surface area contributed by atoms with Crippen molar-refractivity contribution in [2.75, 3.05) is 13.2 Å². The lowest BCUT2D eigenvalue weighted by Gasteiger charge is -2.34. The van der Waals surface area contributed by atoms with Crippen molar-refractivity contribution in [1.82, 2.24) is 20.9 Å². The van der Waals surface area contributed by atoms with E-state index in [4.69, 9.17) is 10.5 Å². The lowest BCUT2D eigenvalue weighted by atomic mass is 9.86. The van der Waals surface area contributed by atoms with E-state index >= 15 is 0 Å². The number of rotatable bonds is 8. The van der Waals surface area contributed by atoms with E-state index in [1.165, 1.54) is 4.90 Å². The van der Waals surface area contributed by atoms with Gasteiger partial charge in [-0.15, -0.1) is 6.58 Å². The van der Waals surface area contributed by atoms with Crippen LogP contribution in [0, 0.1) is 11.3 Å². The summed E-state index contributed by atoms with van der Waals surface area (Å²) in [6.07, 6.45) is 1.82. The van der Waals surface area contributed by atoms with Crippen molar-refractivity contribution in [1.29, 1.82) is 0 Å². The Labute approximate surface area is 234 Å². The molecule has 1 saturated heterocycles. The molecular formula is C29H41N5O6. The number of nitrogens with two attached hydrogens (primary N) is 1. The molecule has 1 aliphatic heterocycles. The van der Waals surface area contributed by atoms with Crippen LogP contribution in [-0.2, 0) is 25.5 Å². The van der Waals surface area contributed by atoms with E-state index in [1.807, 2.05) is 45.0 Å². The number of nitrogens with one attached hydrogen (secondary N) is 3. The summed E-state index contributed by atoms with van der Waals surface area (Å²) in [6.45, 7) is 11.2.